The van der Waals surface area contributed by atoms with Gasteiger partial charge in [0.15, 0.2) is 0 Å². The van der Waals surface area contributed by atoms with Crippen LogP contribution in [0.5, 0.6) is 11.5 Å². The van der Waals surface area contributed by atoms with E-state index in [0.29, 0.717) is 12.4 Å². The maximum absolute atomic E-state index is 5.83. The number of methoxy groups -OCH3 is 1. The molecule has 0 fully saturated rings. The minimum absolute atomic E-state index is 0.0280. The average Bonchev–Trinajstić information content (AvgIpc) is 2.87. The standard InChI is InChI=1S/C26H24N4O2/c1-19(21-7-10-23(31-2)11-8-21)28-16-22-9-12-24(17-29-22)32-18-20-6-13-26(30-15-20)25-5-3-4-14-27-25/h3-17,19H,18H2,1-2H3/t19-/m0/s1. The van der Waals surface area contributed by atoms with Crippen molar-refractivity contribution < 1.29 is 9.47 Å². The molecule has 0 aliphatic heterocycles. The SMILES string of the molecule is COc1ccc([C@H](C)N=Cc2ccc(OCc3ccc(-c4ccccn4)nc3)cn2)cc1. The average molecular weight is 425 g/mol. The van der Waals surface area contributed by atoms with Gasteiger partial charge in [-0.3, -0.25) is 19.9 Å². The molecule has 1 aromatic carbocycles. The molecule has 0 bridgehead atoms. The molecule has 1 atom stereocenters. The number of hydrogen-bond donors (Lipinski definition) is 0. The lowest BCUT2D eigenvalue weighted by Gasteiger charge is -2.08. The second-order valence-corrected chi connectivity index (χ2v) is 7.20. The van der Waals surface area contributed by atoms with Crippen LogP contribution in [-0.4, -0.2) is 28.3 Å². The van der Waals surface area contributed by atoms with Gasteiger partial charge >= 0.3 is 0 Å². The molecule has 6 nitrogen and oxygen atoms in total. The normalized spacial score (nSPS) is 11.9. The third kappa shape index (κ3) is 5.55. The van der Waals surface area contributed by atoms with Gasteiger partial charge in [0.1, 0.15) is 18.1 Å². The first-order valence-corrected chi connectivity index (χ1v) is 10.3. The van der Waals surface area contributed by atoms with Crippen LogP contribution in [-0.2, 0) is 6.61 Å². The first-order valence-electron chi connectivity index (χ1n) is 10.3. The van der Waals surface area contributed by atoms with Gasteiger partial charge in [-0.1, -0.05) is 24.3 Å². The first kappa shape index (κ1) is 21.2. The minimum Gasteiger partial charge on any atom is -0.497 e. The van der Waals surface area contributed by atoms with Crippen LogP contribution in [0.4, 0.5) is 0 Å². The van der Waals surface area contributed by atoms with Crippen molar-refractivity contribution >= 4 is 6.21 Å². The van der Waals surface area contributed by atoms with Crippen LogP contribution in [0.1, 0.15) is 29.8 Å². The van der Waals surface area contributed by atoms with E-state index < -0.39 is 0 Å². The van der Waals surface area contributed by atoms with Gasteiger partial charge in [-0.2, -0.15) is 0 Å². The summed E-state index contributed by atoms with van der Waals surface area (Å²) in [4.78, 5) is 17.8. The van der Waals surface area contributed by atoms with E-state index in [-0.39, 0.29) is 6.04 Å². The predicted octanol–water partition coefficient (Wildman–Crippen LogP) is 5.31. The van der Waals surface area contributed by atoms with Crippen LogP contribution in [0.25, 0.3) is 11.4 Å². The Balaban J connectivity index is 1.31. The number of aliphatic imine (C=N–C) groups is 1. The monoisotopic (exact) mass is 424 g/mol. The molecule has 0 amide bonds. The Bertz CT molecular complexity index is 1140. The summed E-state index contributed by atoms with van der Waals surface area (Å²) in [6, 6.07) is 21.4. The fourth-order valence-corrected chi connectivity index (χ4v) is 3.05. The van der Waals surface area contributed by atoms with Gasteiger partial charge in [0.2, 0.25) is 0 Å². The molecule has 0 N–H and O–H groups in total. The zero-order valence-corrected chi connectivity index (χ0v) is 18.1. The van der Waals surface area contributed by atoms with Crippen LogP contribution in [0.3, 0.4) is 0 Å². The molecule has 0 aliphatic rings. The summed E-state index contributed by atoms with van der Waals surface area (Å²) in [6.07, 6.45) is 7.04. The van der Waals surface area contributed by atoms with Gasteiger partial charge < -0.3 is 9.47 Å². The smallest absolute Gasteiger partial charge is 0.138 e. The highest BCUT2D eigenvalue weighted by molar-refractivity contribution is 5.77. The summed E-state index contributed by atoms with van der Waals surface area (Å²) in [5.41, 5.74) is 4.55. The van der Waals surface area contributed by atoms with Gasteiger partial charge in [-0.15, -0.1) is 0 Å². The molecule has 0 aliphatic carbocycles. The second kappa shape index (κ2) is 10.3. The van der Waals surface area contributed by atoms with E-state index in [1.807, 2.05) is 73.7 Å². The van der Waals surface area contributed by atoms with Crippen molar-refractivity contribution in [3.63, 3.8) is 0 Å². The Morgan fingerprint density at radius 2 is 1.66 bits per heavy atom. The molecular weight excluding hydrogens is 400 g/mol. The maximum atomic E-state index is 5.83. The lowest BCUT2D eigenvalue weighted by atomic mass is 10.1. The number of pyridine rings is 3. The van der Waals surface area contributed by atoms with Crippen molar-refractivity contribution in [2.45, 2.75) is 19.6 Å². The highest BCUT2D eigenvalue weighted by Gasteiger charge is 2.04. The fourth-order valence-electron chi connectivity index (χ4n) is 3.05. The lowest BCUT2D eigenvalue weighted by Crippen LogP contribution is -1.98. The molecule has 0 unspecified atom stereocenters. The van der Waals surface area contributed by atoms with Crippen LogP contribution < -0.4 is 9.47 Å². The number of hydrogen-bond acceptors (Lipinski definition) is 6. The topological polar surface area (TPSA) is 69.5 Å². The summed E-state index contributed by atoms with van der Waals surface area (Å²) in [6.45, 7) is 2.46. The van der Waals surface area contributed by atoms with E-state index in [1.54, 1.807) is 31.9 Å². The van der Waals surface area contributed by atoms with Crippen LogP contribution >= 0.6 is 0 Å². The van der Waals surface area contributed by atoms with E-state index >= 15 is 0 Å². The minimum atomic E-state index is 0.0280. The zero-order valence-electron chi connectivity index (χ0n) is 18.1. The van der Waals surface area contributed by atoms with E-state index in [2.05, 4.69) is 19.9 Å². The third-order valence-corrected chi connectivity index (χ3v) is 4.95. The van der Waals surface area contributed by atoms with Crippen LogP contribution in [0.2, 0.25) is 0 Å². The Morgan fingerprint density at radius 1 is 0.844 bits per heavy atom. The Morgan fingerprint density at radius 3 is 2.31 bits per heavy atom. The molecule has 6 heteroatoms. The van der Waals surface area contributed by atoms with Crippen molar-refractivity contribution in [2.24, 2.45) is 4.99 Å². The highest BCUT2D eigenvalue weighted by Crippen LogP contribution is 2.20. The summed E-state index contributed by atoms with van der Waals surface area (Å²) < 4.78 is 11.0. The number of benzene rings is 1. The summed E-state index contributed by atoms with van der Waals surface area (Å²) in [5.74, 6) is 1.53. The molecule has 3 heterocycles. The van der Waals surface area contributed by atoms with Crippen molar-refractivity contribution in [2.75, 3.05) is 7.11 Å². The molecule has 32 heavy (non-hydrogen) atoms. The molecule has 160 valence electrons. The number of ether oxygens (including phenoxy) is 2. The van der Waals surface area contributed by atoms with Crippen molar-refractivity contribution in [1.82, 2.24) is 15.0 Å². The number of nitrogens with zero attached hydrogens (tertiary/aromatic N) is 4. The Labute approximate surface area is 187 Å². The molecule has 0 spiro atoms. The van der Waals surface area contributed by atoms with Crippen molar-refractivity contribution in [3.05, 3.63) is 102 Å². The second-order valence-electron chi connectivity index (χ2n) is 7.20. The predicted molar refractivity (Wildman–Crippen MR) is 125 cm³/mol. The summed E-state index contributed by atoms with van der Waals surface area (Å²) in [5, 5.41) is 0. The van der Waals surface area contributed by atoms with Gasteiger partial charge in [0.05, 0.1) is 36.4 Å². The van der Waals surface area contributed by atoms with Gasteiger partial charge in [0.25, 0.3) is 0 Å². The van der Waals surface area contributed by atoms with Crippen LogP contribution in [0, 0.1) is 0 Å². The summed E-state index contributed by atoms with van der Waals surface area (Å²) >= 11 is 0. The molecule has 3 aromatic heterocycles. The van der Waals surface area contributed by atoms with Crippen molar-refractivity contribution in [1.29, 1.82) is 0 Å². The highest BCUT2D eigenvalue weighted by atomic mass is 16.5. The number of rotatable bonds is 8. The molecular formula is C26H24N4O2. The van der Waals surface area contributed by atoms with Crippen LogP contribution in [0.15, 0.2) is 90.3 Å². The first-order chi connectivity index (χ1) is 15.7. The number of aromatic nitrogens is 3. The molecule has 0 radical (unpaired) electrons. The Kier molecular flexibility index (Phi) is 6.82. The molecule has 4 aromatic rings. The Hall–Kier alpha value is -4.06. The van der Waals surface area contributed by atoms with Crippen molar-refractivity contribution in [3.8, 4) is 22.9 Å². The van der Waals surface area contributed by atoms with E-state index in [4.69, 9.17) is 9.47 Å². The van der Waals surface area contributed by atoms with E-state index in [1.165, 1.54) is 0 Å². The van der Waals surface area contributed by atoms with Gasteiger partial charge in [-0.05, 0) is 55.0 Å². The lowest BCUT2D eigenvalue weighted by molar-refractivity contribution is 0.304. The molecule has 0 saturated heterocycles. The quantitative estimate of drug-likeness (QED) is 0.359. The van der Waals surface area contributed by atoms with Gasteiger partial charge in [0, 0.05) is 24.2 Å². The molecule has 0 saturated carbocycles. The maximum Gasteiger partial charge on any atom is 0.138 e. The fraction of sp³-hybridized carbons (Fsp3) is 0.154. The largest absolute Gasteiger partial charge is 0.497 e. The van der Waals surface area contributed by atoms with Gasteiger partial charge in [-0.25, -0.2) is 0 Å². The third-order valence-electron chi connectivity index (χ3n) is 4.95. The summed E-state index contributed by atoms with van der Waals surface area (Å²) in [7, 11) is 1.66. The zero-order chi connectivity index (χ0) is 22.2. The van der Waals surface area contributed by atoms with E-state index in [9.17, 15) is 0 Å². The molecule has 4 rings (SSSR count). The van der Waals surface area contributed by atoms with E-state index in [0.717, 1.165) is 34.0 Å².